The van der Waals surface area contributed by atoms with E-state index in [4.69, 9.17) is 12.2 Å². The Balaban J connectivity index is 1.97. The summed E-state index contributed by atoms with van der Waals surface area (Å²) >= 11 is 6.85. The number of thioether (sulfide) groups is 1. The largest absolute Gasteiger partial charge is 0.250 e. The average molecular weight is 344 g/mol. The molecule has 7 heteroatoms. The van der Waals surface area contributed by atoms with Crippen LogP contribution in [0.4, 0.5) is 4.39 Å². The second-order valence-electron chi connectivity index (χ2n) is 4.66. The Morgan fingerprint density at radius 3 is 2.65 bits per heavy atom. The molecule has 1 heterocycles. The second-order valence-corrected chi connectivity index (χ2v) is 5.93. The number of hydrogen-bond acceptors (Lipinski definition) is 4. The standard InChI is InChI=1S/C16H13FN4S2/c1-23-12-8-6-11(7-9-12)10-18-21-15(19-20-16(21)22)13-4-2-3-5-14(13)17/h2-10H,1H3,(H,20,22)/b18-10+. The number of benzene rings is 2. The van der Waals surface area contributed by atoms with Crippen molar-refractivity contribution >= 4 is 30.2 Å². The van der Waals surface area contributed by atoms with Gasteiger partial charge >= 0.3 is 0 Å². The molecule has 0 saturated heterocycles. The van der Waals surface area contributed by atoms with Crippen molar-refractivity contribution < 1.29 is 4.39 Å². The molecule has 0 radical (unpaired) electrons. The van der Waals surface area contributed by atoms with Crippen molar-refractivity contribution in [2.45, 2.75) is 4.90 Å². The van der Waals surface area contributed by atoms with Crippen LogP contribution >= 0.6 is 24.0 Å². The first-order valence-electron chi connectivity index (χ1n) is 6.80. The molecule has 1 aromatic heterocycles. The van der Waals surface area contributed by atoms with Crippen molar-refractivity contribution in [2.75, 3.05) is 6.26 Å². The minimum absolute atomic E-state index is 0.306. The van der Waals surface area contributed by atoms with Gasteiger partial charge in [0.1, 0.15) is 5.82 Å². The van der Waals surface area contributed by atoms with Gasteiger partial charge in [-0.05, 0) is 48.3 Å². The van der Waals surface area contributed by atoms with E-state index in [1.807, 2.05) is 30.5 Å². The highest BCUT2D eigenvalue weighted by Crippen LogP contribution is 2.20. The summed E-state index contributed by atoms with van der Waals surface area (Å²) in [7, 11) is 0. The van der Waals surface area contributed by atoms with Crippen LogP contribution in [0.3, 0.4) is 0 Å². The van der Waals surface area contributed by atoms with E-state index in [0.717, 1.165) is 5.56 Å². The SMILES string of the molecule is CSc1ccc(/C=N/n2c(-c3ccccc3F)n[nH]c2=S)cc1. The predicted octanol–water partition coefficient (Wildman–Crippen LogP) is 4.35. The average Bonchev–Trinajstić information content (AvgIpc) is 2.94. The molecule has 0 aliphatic heterocycles. The van der Waals surface area contributed by atoms with Crippen LogP contribution in [0, 0.1) is 10.6 Å². The highest BCUT2D eigenvalue weighted by atomic mass is 32.2. The topological polar surface area (TPSA) is 46.0 Å². The van der Waals surface area contributed by atoms with Crippen LogP contribution in [-0.4, -0.2) is 27.3 Å². The molecule has 0 saturated carbocycles. The van der Waals surface area contributed by atoms with E-state index in [-0.39, 0.29) is 5.82 Å². The fourth-order valence-corrected chi connectivity index (χ4v) is 2.62. The summed E-state index contributed by atoms with van der Waals surface area (Å²) in [5.41, 5.74) is 1.26. The van der Waals surface area contributed by atoms with Crippen LogP contribution < -0.4 is 0 Å². The lowest BCUT2D eigenvalue weighted by Crippen LogP contribution is -1.96. The quantitative estimate of drug-likeness (QED) is 0.435. The molecule has 0 amide bonds. The smallest absolute Gasteiger partial charge is 0.216 e. The summed E-state index contributed by atoms with van der Waals surface area (Å²) in [6.45, 7) is 0. The van der Waals surface area contributed by atoms with Crippen molar-refractivity contribution in [2.24, 2.45) is 5.10 Å². The van der Waals surface area contributed by atoms with Crippen LogP contribution in [0.25, 0.3) is 11.4 Å². The lowest BCUT2D eigenvalue weighted by atomic mass is 10.2. The lowest BCUT2D eigenvalue weighted by molar-refractivity contribution is 0.628. The summed E-state index contributed by atoms with van der Waals surface area (Å²) in [4.78, 5) is 1.18. The zero-order valence-corrected chi connectivity index (χ0v) is 13.9. The molecule has 116 valence electrons. The van der Waals surface area contributed by atoms with Crippen molar-refractivity contribution in [3.8, 4) is 11.4 Å². The molecule has 0 spiro atoms. The third-order valence-electron chi connectivity index (χ3n) is 3.20. The Morgan fingerprint density at radius 1 is 1.22 bits per heavy atom. The monoisotopic (exact) mass is 344 g/mol. The normalized spacial score (nSPS) is 11.2. The summed E-state index contributed by atoms with van der Waals surface area (Å²) in [6.07, 6.45) is 3.69. The van der Waals surface area contributed by atoms with E-state index in [0.29, 0.717) is 16.2 Å². The number of aromatic nitrogens is 3. The van der Waals surface area contributed by atoms with Gasteiger partial charge in [0.15, 0.2) is 5.82 Å². The number of halogens is 1. The van der Waals surface area contributed by atoms with Crippen LogP contribution in [0.5, 0.6) is 0 Å². The van der Waals surface area contributed by atoms with Crippen LogP contribution in [0.2, 0.25) is 0 Å². The summed E-state index contributed by atoms with van der Waals surface area (Å²) in [5.74, 6) is -0.0349. The van der Waals surface area contributed by atoms with Crippen LogP contribution in [0.1, 0.15) is 5.56 Å². The molecule has 0 unspecified atom stereocenters. The number of H-pyrrole nitrogens is 1. The minimum Gasteiger partial charge on any atom is -0.250 e. The predicted molar refractivity (Wildman–Crippen MR) is 94.0 cm³/mol. The summed E-state index contributed by atoms with van der Waals surface area (Å²) in [6, 6.07) is 14.3. The van der Waals surface area contributed by atoms with Gasteiger partial charge in [0.25, 0.3) is 0 Å². The molecule has 3 rings (SSSR count). The van der Waals surface area contributed by atoms with Gasteiger partial charge in [-0.2, -0.15) is 14.9 Å². The highest BCUT2D eigenvalue weighted by molar-refractivity contribution is 7.98. The third kappa shape index (κ3) is 3.40. The van der Waals surface area contributed by atoms with Crippen LogP contribution in [-0.2, 0) is 0 Å². The molecular formula is C16H13FN4S2. The lowest BCUT2D eigenvalue weighted by Gasteiger charge is -2.02. The maximum absolute atomic E-state index is 14.0. The zero-order chi connectivity index (χ0) is 16.2. The maximum Gasteiger partial charge on any atom is 0.216 e. The Labute approximate surface area is 142 Å². The van der Waals surface area contributed by atoms with Crippen molar-refractivity contribution in [3.63, 3.8) is 0 Å². The molecule has 2 aromatic carbocycles. The van der Waals surface area contributed by atoms with Crippen molar-refractivity contribution in [1.29, 1.82) is 0 Å². The van der Waals surface area contributed by atoms with Crippen LogP contribution in [0.15, 0.2) is 58.5 Å². The third-order valence-corrected chi connectivity index (χ3v) is 4.21. The molecule has 4 nitrogen and oxygen atoms in total. The first-order chi connectivity index (χ1) is 11.2. The molecule has 1 N–H and O–H groups in total. The number of rotatable bonds is 4. The first-order valence-corrected chi connectivity index (χ1v) is 8.43. The van der Waals surface area contributed by atoms with Crippen molar-refractivity contribution in [1.82, 2.24) is 14.9 Å². The Hall–Kier alpha value is -2.25. The first kappa shape index (κ1) is 15.6. The van der Waals surface area contributed by atoms with Gasteiger partial charge in [-0.1, -0.05) is 24.3 Å². The van der Waals surface area contributed by atoms with E-state index in [1.165, 1.54) is 15.6 Å². The van der Waals surface area contributed by atoms with E-state index >= 15 is 0 Å². The fraction of sp³-hybridized carbons (Fsp3) is 0.0625. The molecular weight excluding hydrogens is 331 g/mol. The molecule has 0 aliphatic carbocycles. The molecule has 0 bridgehead atoms. The Bertz CT molecular complexity index is 897. The molecule has 23 heavy (non-hydrogen) atoms. The Morgan fingerprint density at radius 2 is 1.96 bits per heavy atom. The molecule has 0 aliphatic rings. The second kappa shape index (κ2) is 6.89. The van der Waals surface area contributed by atoms with E-state index in [1.54, 1.807) is 36.2 Å². The highest BCUT2D eigenvalue weighted by Gasteiger charge is 2.12. The van der Waals surface area contributed by atoms with Crippen molar-refractivity contribution in [3.05, 3.63) is 64.7 Å². The van der Waals surface area contributed by atoms with E-state index in [9.17, 15) is 4.39 Å². The number of hydrogen-bond donors (Lipinski definition) is 1. The Kier molecular flexibility index (Phi) is 4.68. The molecule has 3 aromatic rings. The minimum atomic E-state index is -0.373. The van der Waals surface area contributed by atoms with Gasteiger partial charge in [0.2, 0.25) is 4.77 Å². The summed E-state index contributed by atoms with van der Waals surface area (Å²) in [5, 5.41) is 11.1. The number of nitrogens with one attached hydrogen (secondary N) is 1. The van der Waals surface area contributed by atoms with Gasteiger partial charge in [-0.15, -0.1) is 11.8 Å². The number of nitrogens with zero attached hydrogens (tertiary/aromatic N) is 3. The summed E-state index contributed by atoms with van der Waals surface area (Å²) < 4.78 is 15.7. The maximum atomic E-state index is 14.0. The fourth-order valence-electron chi connectivity index (χ4n) is 2.03. The van der Waals surface area contributed by atoms with Gasteiger partial charge in [-0.25, -0.2) is 9.49 Å². The molecule has 0 atom stereocenters. The van der Waals surface area contributed by atoms with Gasteiger partial charge in [-0.3, -0.25) is 0 Å². The van der Waals surface area contributed by atoms with E-state index < -0.39 is 0 Å². The van der Waals surface area contributed by atoms with Gasteiger partial charge < -0.3 is 0 Å². The van der Waals surface area contributed by atoms with Gasteiger partial charge in [0.05, 0.1) is 11.8 Å². The number of aromatic amines is 1. The van der Waals surface area contributed by atoms with Gasteiger partial charge in [0, 0.05) is 4.90 Å². The van der Waals surface area contributed by atoms with E-state index in [2.05, 4.69) is 15.3 Å². The zero-order valence-electron chi connectivity index (χ0n) is 12.2. The molecule has 0 fully saturated rings.